The lowest BCUT2D eigenvalue weighted by Crippen LogP contribution is -2.35. The number of ether oxygens (including phenoxy) is 1. The summed E-state index contributed by atoms with van der Waals surface area (Å²) in [4.78, 5) is 13.1. The fraction of sp³-hybridized carbons (Fsp3) is 0.300. The third kappa shape index (κ3) is 5.34. The Labute approximate surface area is 167 Å². The van der Waals surface area contributed by atoms with Gasteiger partial charge >= 0.3 is 0 Å². The van der Waals surface area contributed by atoms with Crippen molar-refractivity contribution in [1.82, 2.24) is 15.1 Å². The Morgan fingerprint density at radius 2 is 2.15 bits per heavy atom. The van der Waals surface area contributed by atoms with Gasteiger partial charge in [0.1, 0.15) is 12.4 Å². The van der Waals surface area contributed by atoms with E-state index >= 15 is 0 Å². The van der Waals surface area contributed by atoms with E-state index in [9.17, 15) is 4.79 Å². The predicted octanol–water partition coefficient (Wildman–Crippen LogP) is 4.61. The number of carbonyl (C=O) groups is 1. The van der Waals surface area contributed by atoms with Crippen molar-refractivity contribution >= 4 is 28.8 Å². The van der Waals surface area contributed by atoms with Gasteiger partial charge in [0.05, 0.1) is 17.1 Å². The van der Waals surface area contributed by atoms with E-state index in [1.54, 1.807) is 12.1 Å². The van der Waals surface area contributed by atoms with Gasteiger partial charge in [0.15, 0.2) is 0 Å². The van der Waals surface area contributed by atoms with Crippen LogP contribution in [-0.2, 0) is 13.2 Å². The summed E-state index contributed by atoms with van der Waals surface area (Å²) in [5, 5.41) is 10.0. The van der Waals surface area contributed by atoms with Crippen LogP contribution in [0.25, 0.3) is 0 Å². The number of hydrogen-bond donors (Lipinski definition) is 1. The number of nitrogens with one attached hydrogen (secondary N) is 1. The molecule has 27 heavy (non-hydrogen) atoms. The van der Waals surface area contributed by atoms with Crippen molar-refractivity contribution in [3.8, 4) is 5.75 Å². The molecule has 0 aliphatic rings. The summed E-state index contributed by atoms with van der Waals surface area (Å²) in [6, 6.07) is 11.1. The Balaban J connectivity index is 1.54. The summed E-state index contributed by atoms with van der Waals surface area (Å²) in [7, 11) is 0. The largest absolute Gasteiger partial charge is 0.489 e. The smallest absolute Gasteiger partial charge is 0.261 e. The predicted molar refractivity (Wildman–Crippen MR) is 109 cm³/mol. The van der Waals surface area contributed by atoms with Crippen LogP contribution in [0.5, 0.6) is 5.75 Å². The molecule has 1 N–H and O–H groups in total. The summed E-state index contributed by atoms with van der Waals surface area (Å²) < 4.78 is 7.64. The maximum Gasteiger partial charge on any atom is 0.261 e. The van der Waals surface area contributed by atoms with Crippen LogP contribution in [0.15, 0.2) is 41.8 Å². The molecule has 1 amide bonds. The van der Waals surface area contributed by atoms with Gasteiger partial charge < -0.3 is 10.1 Å². The maximum absolute atomic E-state index is 12.5. The van der Waals surface area contributed by atoms with Crippen molar-refractivity contribution in [3.63, 3.8) is 0 Å². The Morgan fingerprint density at radius 1 is 1.33 bits per heavy atom. The van der Waals surface area contributed by atoms with E-state index in [0.717, 1.165) is 17.0 Å². The molecule has 0 radical (unpaired) electrons. The summed E-state index contributed by atoms with van der Waals surface area (Å²) in [6.45, 7) is 6.99. The molecule has 2 aromatic heterocycles. The van der Waals surface area contributed by atoms with Gasteiger partial charge in [0.2, 0.25) is 0 Å². The molecule has 1 aromatic carbocycles. The highest BCUT2D eigenvalue weighted by atomic mass is 35.5. The van der Waals surface area contributed by atoms with Crippen molar-refractivity contribution in [2.45, 2.75) is 40.0 Å². The second kappa shape index (κ2) is 8.59. The topological polar surface area (TPSA) is 56.2 Å². The van der Waals surface area contributed by atoms with Crippen molar-refractivity contribution in [1.29, 1.82) is 0 Å². The first kappa shape index (κ1) is 19.5. The molecule has 0 saturated carbocycles. The molecular weight excluding hydrogens is 382 g/mol. The maximum atomic E-state index is 12.5. The van der Waals surface area contributed by atoms with E-state index in [4.69, 9.17) is 16.3 Å². The normalized spacial score (nSPS) is 12.0. The molecule has 0 saturated heterocycles. The Bertz CT molecular complexity index is 935. The molecule has 0 spiro atoms. The second-order valence-corrected chi connectivity index (χ2v) is 7.90. The van der Waals surface area contributed by atoms with Gasteiger partial charge in [-0.25, -0.2) is 0 Å². The standard InChI is InChI=1S/C20H22ClN3O2S/c1-13-7-15(3)24(23-13)10-14(2)22-20(25)19-8-16(12-27-19)11-26-18-6-4-5-17(21)9-18/h4-9,12,14H,10-11H2,1-3H3,(H,22,25). The molecule has 0 fully saturated rings. The first-order chi connectivity index (χ1) is 12.9. The average Bonchev–Trinajstić information content (AvgIpc) is 3.20. The van der Waals surface area contributed by atoms with Gasteiger partial charge in [-0.05, 0) is 56.5 Å². The van der Waals surface area contributed by atoms with E-state index < -0.39 is 0 Å². The van der Waals surface area contributed by atoms with Gasteiger partial charge in [-0.2, -0.15) is 5.10 Å². The number of benzene rings is 1. The minimum Gasteiger partial charge on any atom is -0.489 e. The molecule has 3 rings (SSSR count). The monoisotopic (exact) mass is 403 g/mol. The zero-order valence-electron chi connectivity index (χ0n) is 15.5. The summed E-state index contributed by atoms with van der Waals surface area (Å²) in [5.74, 6) is 0.626. The second-order valence-electron chi connectivity index (χ2n) is 6.55. The van der Waals surface area contributed by atoms with Crippen molar-refractivity contribution in [2.24, 2.45) is 0 Å². The Morgan fingerprint density at radius 3 is 2.85 bits per heavy atom. The van der Waals surface area contributed by atoms with Crippen LogP contribution in [0.1, 0.15) is 33.5 Å². The summed E-state index contributed by atoms with van der Waals surface area (Å²) >= 11 is 7.36. The molecule has 0 bridgehead atoms. The van der Waals surface area contributed by atoms with Gasteiger partial charge in [-0.15, -0.1) is 11.3 Å². The van der Waals surface area contributed by atoms with Crippen LogP contribution in [0.4, 0.5) is 0 Å². The molecule has 1 unspecified atom stereocenters. The van der Waals surface area contributed by atoms with Gasteiger partial charge in [-0.3, -0.25) is 9.48 Å². The van der Waals surface area contributed by atoms with Crippen LogP contribution in [0.2, 0.25) is 5.02 Å². The molecule has 1 atom stereocenters. The molecule has 2 heterocycles. The SMILES string of the molecule is Cc1cc(C)n(CC(C)NC(=O)c2cc(COc3cccc(Cl)c3)cs2)n1. The van der Waals surface area contributed by atoms with E-state index in [0.29, 0.717) is 28.8 Å². The minimum atomic E-state index is -0.0805. The number of thiophene rings is 1. The number of halogens is 1. The lowest BCUT2D eigenvalue weighted by Gasteiger charge is -2.14. The number of aryl methyl sites for hydroxylation is 2. The fourth-order valence-electron chi connectivity index (χ4n) is 2.75. The molecular formula is C20H22ClN3O2S. The van der Waals surface area contributed by atoms with Crippen LogP contribution >= 0.6 is 22.9 Å². The Hall–Kier alpha value is -2.31. The quantitative estimate of drug-likeness (QED) is 0.626. The highest BCUT2D eigenvalue weighted by molar-refractivity contribution is 7.12. The number of rotatable bonds is 7. The minimum absolute atomic E-state index is 0.0243. The number of nitrogens with zero attached hydrogens (tertiary/aromatic N) is 2. The van der Waals surface area contributed by atoms with Gasteiger partial charge in [-0.1, -0.05) is 17.7 Å². The first-order valence-electron chi connectivity index (χ1n) is 8.68. The van der Waals surface area contributed by atoms with Gasteiger partial charge in [0, 0.05) is 22.3 Å². The third-order valence-corrected chi connectivity index (χ3v) is 5.22. The molecule has 3 aromatic rings. The highest BCUT2D eigenvalue weighted by Gasteiger charge is 2.14. The number of amides is 1. The van der Waals surface area contributed by atoms with Crippen LogP contribution in [0, 0.1) is 13.8 Å². The lowest BCUT2D eigenvalue weighted by molar-refractivity contribution is 0.0940. The average molecular weight is 404 g/mol. The van der Waals surface area contributed by atoms with Gasteiger partial charge in [0.25, 0.3) is 5.91 Å². The van der Waals surface area contributed by atoms with Crippen molar-refractivity contribution in [2.75, 3.05) is 0 Å². The zero-order valence-corrected chi connectivity index (χ0v) is 17.1. The zero-order chi connectivity index (χ0) is 19.4. The van der Waals surface area contributed by atoms with E-state index in [2.05, 4.69) is 10.4 Å². The molecule has 0 aliphatic heterocycles. The van der Waals surface area contributed by atoms with Crippen LogP contribution < -0.4 is 10.1 Å². The molecule has 7 heteroatoms. The molecule has 142 valence electrons. The van der Waals surface area contributed by atoms with E-state index in [-0.39, 0.29) is 11.9 Å². The van der Waals surface area contributed by atoms with Crippen LogP contribution in [-0.4, -0.2) is 21.7 Å². The van der Waals surface area contributed by atoms with E-state index in [1.165, 1.54) is 11.3 Å². The van der Waals surface area contributed by atoms with E-state index in [1.807, 2.05) is 55.1 Å². The summed E-state index contributed by atoms with van der Waals surface area (Å²) in [5.41, 5.74) is 3.02. The van der Waals surface area contributed by atoms with Crippen molar-refractivity contribution in [3.05, 3.63) is 68.6 Å². The third-order valence-electron chi connectivity index (χ3n) is 4.01. The summed E-state index contributed by atoms with van der Waals surface area (Å²) in [6.07, 6.45) is 0. The van der Waals surface area contributed by atoms with Crippen LogP contribution in [0.3, 0.4) is 0 Å². The number of hydrogen-bond acceptors (Lipinski definition) is 4. The molecule has 5 nitrogen and oxygen atoms in total. The fourth-order valence-corrected chi connectivity index (χ4v) is 3.73. The van der Waals surface area contributed by atoms with Crippen molar-refractivity contribution < 1.29 is 9.53 Å². The lowest BCUT2D eigenvalue weighted by atomic mass is 10.3. The Kier molecular flexibility index (Phi) is 6.19. The number of carbonyl (C=O) groups excluding carboxylic acids is 1. The first-order valence-corrected chi connectivity index (χ1v) is 9.94. The molecule has 0 aliphatic carbocycles. The highest BCUT2D eigenvalue weighted by Crippen LogP contribution is 2.20. The number of aromatic nitrogens is 2.